The first-order chi connectivity index (χ1) is 10.7. The van der Waals surface area contributed by atoms with E-state index in [0.717, 1.165) is 32.0 Å². The normalized spacial score (nSPS) is 26.3. The van der Waals surface area contributed by atoms with Crippen LogP contribution >= 0.6 is 0 Å². The molecular weight excluding hydrogens is 272 g/mol. The van der Waals surface area contributed by atoms with Crippen molar-refractivity contribution in [2.45, 2.75) is 45.1 Å². The minimum Gasteiger partial charge on any atom is -0.396 e. The third kappa shape index (κ3) is 4.09. The van der Waals surface area contributed by atoms with Gasteiger partial charge in [-0.25, -0.2) is 0 Å². The van der Waals surface area contributed by atoms with Gasteiger partial charge in [-0.2, -0.15) is 0 Å². The Balaban J connectivity index is 1.62. The Morgan fingerprint density at radius 1 is 1.27 bits per heavy atom. The molecule has 1 atom stereocenters. The van der Waals surface area contributed by atoms with Crippen molar-refractivity contribution in [3.05, 3.63) is 35.4 Å². The number of rotatable bonds is 7. The first kappa shape index (κ1) is 16.0. The van der Waals surface area contributed by atoms with Crippen LogP contribution in [0.2, 0.25) is 0 Å². The maximum absolute atomic E-state index is 9.98. The lowest BCUT2D eigenvalue weighted by Crippen LogP contribution is -2.45. The SMILES string of the molecule is NCCc1cccc(CN2CCC[C@](CO)(CC3CC3)C2)c1. The number of nitrogens with two attached hydrogens (primary N) is 1. The number of piperidine rings is 1. The van der Waals surface area contributed by atoms with Crippen molar-refractivity contribution in [2.24, 2.45) is 17.1 Å². The van der Waals surface area contributed by atoms with Crippen LogP contribution in [0.5, 0.6) is 0 Å². The molecule has 0 spiro atoms. The first-order valence-electron chi connectivity index (χ1n) is 8.84. The molecule has 0 aromatic heterocycles. The number of hydrogen-bond acceptors (Lipinski definition) is 3. The molecule has 2 aliphatic rings. The number of hydrogen-bond donors (Lipinski definition) is 2. The fraction of sp³-hybridized carbons (Fsp3) is 0.684. The van der Waals surface area contributed by atoms with Crippen LogP contribution in [-0.4, -0.2) is 36.2 Å². The van der Waals surface area contributed by atoms with Crippen LogP contribution in [0.15, 0.2) is 24.3 Å². The summed E-state index contributed by atoms with van der Waals surface area (Å²) in [7, 11) is 0. The third-order valence-electron chi connectivity index (χ3n) is 5.33. The van der Waals surface area contributed by atoms with Crippen molar-refractivity contribution in [1.82, 2.24) is 4.90 Å². The van der Waals surface area contributed by atoms with E-state index in [2.05, 4.69) is 29.2 Å². The van der Waals surface area contributed by atoms with E-state index in [9.17, 15) is 5.11 Å². The van der Waals surface area contributed by atoms with Gasteiger partial charge in [0.05, 0.1) is 0 Å². The van der Waals surface area contributed by atoms with Gasteiger partial charge in [0.1, 0.15) is 0 Å². The summed E-state index contributed by atoms with van der Waals surface area (Å²) < 4.78 is 0. The molecule has 3 nitrogen and oxygen atoms in total. The van der Waals surface area contributed by atoms with Gasteiger partial charge in [0, 0.05) is 25.1 Å². The summed E-state index contributed by atoms with van der Waals surface area (Å²) in [5.41, 5.74) is 8.54. The Morgan fingerprint density at radius 2 is 2.09 bits per heavy atom. The smallest absolute Gasteiger partial charge is 0.0499 e. The Morgan fingerprint density at radius 3 is 2.82 bits per heavy atom. The molecule has 1 aromatic carbocycles. The number of likely N-dealkylation sites (tertiary alicyclic amines) is 1. The highest BCUT2D eigenvalue weighted by Crippen LogP contribution is 2.44. The number of benzene rings is 1. The van der Waals surface area contributed by atoms with Gasteiger partial charge in [-0.15, -0.1) is 0 Å². The number of aliphatic hydroxyl groups is 1. The maximum Gasteiger partial charge on any atom is 0.0499 e. The number of aliphatic hydroxyl groups excluding tert-OH is 1. The second-order valence-electron chi connectivity index (χ2n) is 7.48. The summed E-state index contributed by atoms with van der Waals surface area (Å²) in [6, 6.07) is 8.82. The molecular formula is C19H30N2O. The van der Waals surface area contributed by atoms with Crippen LogP contribution < -0.4 is 5.73 Å². The monoisotopic (exact) mass is 302 g/mol. The Bertz CT molecular complexity index is 486. The summed E-state index contributed by atoms with van der Waals surface area (Å²) in [6.07, 6.45) is 7.36. The second-order valence-corrected chi connectivity index (χ2v) is 7.48. The molecule has 0 unspecified atom stereocenters. The molecule has 0 bridgehead atoms. The molecule has 22 heavy (non-hydrogen) atoms. The third-order valence-corrected chi connectivity index (χ3v) is 5.33. The Kier molecular flexibility index (Phi) is 5.17. The van der Waals surface area contributed by atoms with Gasteiger partial charge >= 0.3 is 0 Å². The lowest BCUT2D eigenvalue weighted by atomic mass is 9.76. The highest BCUT2D eigenvalue weighted by molar-refractivity contribution is 5.23. The van der Waals surface area contributed by atoms with Gasteiger partial charge in [-0.05, 0) is 55.8 Å². The molecule has 1 heterocycles. The zero-order valence-corrected chi connectivity index (χ0v) is 13.6. The predicted molar refractivity (Wildman–Crippen MR) is 90.6 cm³/mol. The van der Waals surface area contributed by atoms with Gasteiger partial charge in [0.2, 0.25) is 0 Å². The van der Waals surface area contributed by atoms with Crippen molar-refractivity contribution in [2.75, 3.05) is 26.2 Å². The molecule has 3 heteroatoms. The van der Waals surface area contributed by atoms with E-state index in [-0.39, 0.29) is 5.41 Å². The molecule has 1 saturated carbocycles. The van der Waals surface area contributed by atoms with Gasteiger partial charge in [0.15, 0.2) is 0 Å². The van der Waals surface area contributed by atoms with Crippen LogP contribution in [0.3, 0.4) is 0 Å². The van der Waals surface area contributed by atoms with E-state index in [1.54, 1.807) is 0 Å². The molecule has 3 N–H and O–H groups in total. The van der Waals surface area contributed by atoms with Crippen LogP contribution in [-0.2, 0) is 13.0 Å². The van der Waals surface area contributed by atoms with Crippen molar-refractivity contribution >= 4 is 0 Å². The van der Waals surface area contributed by atoms with Crippen LogP contribution in [0.1, 0.15) is 43.2 Å². The predicted octanol–water partition coefficient (Wildman–Crippen LogP) is 2.56. The molecule has 3 rings (SSSR count). The van der Waals surface area contributed by atoms with E-state index in [1.165, 1.54) is 43.2 Å². The summed E-state index contributed by atoms with van der Waals surface area (Å²) in [5, 5.41) is 9.98. The zero-order chi connectivity index (χ0) is 15.4. The van der Waals surface area contributed by atoms with Crippen molar-refractivity contribution in [1.29, 1.82) is 0 Å². The van der Waals surface area contributed by atoms with Gasteiger partial charge < -0.3 is 10.8 Å². The van der Waals surface area contributed by atoms with E-state index in [1.807, 2.05) is 0 Å². The zero-order valence-electron chi connectivity index (χ0n) is 13.6. The molecule has 0 amide bonds. The topological polar surface area (TPSA) is 49.5 Å². The molecule has 2 fully saturated rings. The largest absolute Gasteiger partial charge is 0.396 e. The number of nitrogens with zero attached hydrogens (tertiary/aromatic N) is 1. The highest BCUT2D eigenvalue weighted by atomic mass is 16.3. The van der Waals surface area contributed by atoms with Crippen molar-refractivity contribution in [3.63, 3.8) is 0 Å². The molecule has 1 saturated heterocycles. The van der Waals surface area contributed by atoms with Crippen molar-refractivity contribution < 1.29 is 5.11 Å². The fourth-order valence-electron chi connectivity index (χ4n) is 4.05. The first-order valence-corrected chi connectivity index (χ1v) is 8.84. The summed E-state index contributed by atoms with van der Waals surface area (Å²) in [6.45, 7) is 4.29. The van der Waals surface area contributed by atoms with Gasteiger partial charge in [0.25, 0.3) is 0 Å². The van der Waals surface area contributed by atoms with Crippen LogP contribution in [0.4, 0.5) is 0 Å². The lowest BCUT2D eigenvalue weighted by molar-refractivity contribution is 0.0180. The molecule has 1 aliphatic heterocycles. The molecule has 1 aliphatic carbocycles. The van der Waals surface area contributed by atoms with Crippen molar-refractivity contribution in [3.8, 4) is 0 Å². The fourth-order valence-corrected chi connectivity index (χ4v) is 4.05. The van der Waals surface area contributed by atoms with E-state index < -0.39 is 0 Å². The summed E-state index contributed by atoms with van der Waals surface area (Å²) in [4.78, 5) is 2.55. The minimum absolute atomic E-state index is 0.161. The molecule has 1 aromatic rings. The van der Waals surface area contributed by atoms with E-state index in [0.29, 0.717) is 13.2 Å². The Labute approximate surface area is 134 Å². The van der Waals surface area contributed by atoms with Crippen LogP contribution in [0, 0.1) is 11.3 Å². The quantitative estimate of drug-likeness (QED) is 0.814. The summed E-state index contributed by atoms with van der Waals surface area (Å²) in [5.74, 6) is 0.889. The second kappa shape index (κ2) is 7.12. The summed E-state index contributed by atoms with van der Waals surface area (Å²) >= 11 is 0. The Hall–Kier alpha value is -0.900. The average Bonchev–Trinajstić information content (AvgIpc) is 3.32. The van der Waals surface area contributed by atoms with Gasteiger partial charge in [-0.3, -0.25) is 4.90 Å². The van der Waals surface area contributed by atoms with E-state index in [4.69, 9.17) is 5.73 Å². The maximum atomic E-state index is 9.98. The van der Waals surface area contributed by atoms with Gasteiger partial charge in [-0.1, -0.05) is 37.1 Å². The van der Waals surface area contributed by atoms with E-state index >= 15 is 0 Å². The lowest BCUT2D eigenvalue weighted by Gasteiger charge is -2.42. The minimum atomic E-state index is 0.161. The van der Waals surface area contributed by atoms with Crippen LogP contribution in [0.25, 0.3) is 0 Å². The molecule has 0 radical (unpaired) electrons. The average molecular weight is 302 g/mol. The molecule has 122 valence electrons. The highest BCUT2D eigenvalue weighted by Gasteiger charge is 2.39. The standard InChI is InChI=1S/C19H30N2O/c20-9-7-16-3-1-4-18(11-16)13-21-10-2-8-19(14-21,15-22)12-17-5-6-17/h1,3-4,11,17,22H,2,5-10,12-15,20H2/t19-/m0/s1.